The van der Waals surface area contributed by atoms with Gasteiger partial charge in [-0.25, -0.2) is 0 Å². The van der Waals surface area contributed by atoms with E-state index in [2.05, 4.69) is 34.6 Å². The van der Waals surface area contributed by atoms with Gasteiger partial charge in [0.15, 0.2) is 0 Å². The highest BCUT2D eigenvalue weighted by Crippen LogP contribution is 2.70. The fraction of sp³-hybridized carbons (Fsp3) is 1.00. The lowest BCUT2D eigenvalue weighted by Gasteiger charge is -2.32. The van der Waals surface area contributed by atoms with E-state index in [0.717, 1.165) is 23.2 Å². The van der Waals surface area contributed by atoms with Crippen molar-refractivity contribution >= 4 is 0 Å². The Morgan fingerprint density at radius 2 is 1.75 bits per heavy atom. The molecule has 70 valence electrons. The third-order valence-electron chi connectivity index (χ3n) is 4.26. The molecule has 0 saturated heterocycles. The fourth-order valence-electron chi connectivity index (χ4n) is 3.95. The minimum atomic E-state index is 0.540. The van der Waals surface area contributed by atoms with Gasteiger partial charge in [-0.15, -0.1) is 0 Å². The molecule has 2 aliphatic carbocycles. The van der Waals surface area contributed by atoms with Gasteiger partial charge in [0.1, 0.15) is 0 Å². The van der Waals surface area contributed by atoms with E-state index in [1.807, 2.05) is 0 Å². The van der Waals surface area contributed by atoms with E-state index in [4.69, 9.17) is 0 Å². The van der Waals surface area contributed by atoms with Crippen molar-refractivity contribution in [3.63, 3.8) is 0 Å². The lowest BCUT2D eigenvalue weighted by molar-refractivity contribution is 0.167. The highest BCUT2D eigenvalue weighted by Gasteiger charge is 2.63. The van der Waals surface area contributed by atoms with E-state index < -0.39 is 0 Å². The number of rotatable bonds is 0. The molecule has 0 amide bonds. The van der Waals surface area contributed by atoms with Gasteiger partial charge in [0, 0.05) is 0 Å². The Labute approximate surface area is 76.7 Å². The summed E-state index contributed by atoms with van der Waals surface area (Å²) in [5.41, 5.74) is 1.30. The smallest absolute Gasteiger partial charge is 0.0289 e. The molecule has 0 bridgehead atoms. The SMILES string of the molecule is C[C@@H]1C[C@@]2(C)C[C@H]2C1C(C)(C)C. The monoisotopic (exact) mass is 166 g/mol. The molecule has 0 heterocycles. The van der Waals surface area contributed by atoms with Crippen LogP contribution in [-0.2, 0) is 0 Å². The quantitative estimate of drug-likeness (QED) is 0.514. The molecule has 0 radical (unpaired) electrons. The van der Waals surface area contributed by atoms with Crippen LogP contribution in [0.25, 0.3) is 0 Å². The van der Waals surface area contributed by atoms with E-state index in [-0.39, 0.29) is 0 Å². The lowest BCUT2D eigenvalue weighted by Crippen LogP contribution is -2.25. The first-order valence-corrected chi connectivity index (χ1v) is 5.34. The van der Waals surface area contributed by atoms with Crippen LogP contribution < -0.4 is 0 Å². The maximum Gasteiger partial charge on any atom is -0.0289 e. The summed E-state index contributed by atoms with van der Waals surface area (Å²) < 4.78 is 0. The van der Waals surface area contributed by atoms with Crippen molar-refractivity contribution in [3.05, 3.63) is 0 Å². The van der Waals surface area contributed by atoms with Gasteiger partial charge in [0.2, 0.25) is 0 Å². The van der Waals surface area contributed by atoms with Crippen molar-refractivity contribution in [1.29, 1.82) is 0 Å². The van der Waals surface area contributed by atoms with Crippen LogP contribution in [0.2, 0.25) is 0 Å². The maximum absolute atomic E-state index is 2.49. The van der Waals surface area contributed by atoms with Crippen molar-refractivity contribution in [3.8, 4) is 0 Å². The predicted octanol–water partition coefficient (Wildman–Crippen LogP) is 3.71. The van der Waals surface area contributed by atoms with Crippen LogP contribution in [0.4, 0.5) is 0 Å². The van der Waals surface area contributed by atoms with Gasteiger partial charge in [-0.05, 0) is 41.4 Å². The second-order valence-corrected chi connectivity index (χ2v) is 6.54. The second-order valence-electron chi connectivity index (χ2n) is 6.54. The Morgan fingerprint density at radius 3 is 2.00 bits per heavy atom. The summed E-state index contributed by atoms with van der Waals surface area (Å²) in [5, 5.41) is 0. The number of fused-ring (bicyclic) bond motifs is 1. The Bertz CT molecular complexity index is 199. The Kier molecular flexibility index (Phi) is 1.49. The summed E-state index contributed by atoms with van der Waals surface area (Å²) in [4.78, 5) is 0. The summed E-state index contributed by atoms with van der Waals surface area (Å²) in [7, 11) is 0. The summed E-state index contributed by atoms with van der Waals surface area (Å²) >= 11 is 0. The number of hydrogen-bond donors (Lipinski definition) is 0. The molecule has 2 aliphatic rings. The highest BCUT2D eigenvalue weighted by atomic mass is 14.7. The molecular formula is C12H22. The van der Waals surface area contributed by atoms with Crippen LogP contribution in [-0.4, -0.2) is 0 Å². The largest absolute Gasteiger partial charge is 0.0622 e. The van der Waals surface area contributed by atoms with Crippen LogP contribution in [0.15, 0.2) is 0 Å². The minimum Gasteiger partial charge on any atom is -0.0622 e. The molecule has 0 N–H and O–H groups in total. The summed E-state index contributed by atoms with van der Waals surface area (Å²) in [6, 6.07) is 0. The Balaban J connectivity index is 2.18. The molecule has 2 saturated carbocycles. The molecule has 0 spiro atoms. The molecule has 2 fully saturated rings. The van der Waals surface area contributed by atoms with Crippen molar-refractivity contribution in [2.45, 2.75) is 47.5 Å². The molecule has 0 aromatic carbocycles. The first-order valence-electron chi connectivity index (χ1n) is 5.34. The first kappa shape index (κ1) is 8.59. The molecular weight excluding hydrogens is 144 g/mol. The van der Waals surface area contributed by atoms with Gasteiger partial charge >= 0.3 is 0 Å². The average Bonchev–Trinajstić information content (AvgIpc) is 2.30. The van der Waals surface area contributed by atoms with Crippen LogP contribution >= 0.6 is 0 Å². The minimum absolute atomic E-state index is 0.540. The van der Waals surface area contributed by atoms with E-state index in [0.29, 0.717) is 5.41 Å². The van der Waals surface area contributed by atoms with Crippen LogP contribution in [0.5, 0.6) is 0 Å². The molecule has 0 aromatic rings. The zero-order chi connectivity index (χ0) is 9.15. The van der Waals surface area contributed by atoms with E-state index in [9.17, 15) is 0 Å². The summed E-state index contributed by atoms with van der Waals surface area (Å²) in [5.74, 6) is 3.02. The standard InChI is InChI=1S/C12H22/c1-8-6-12(5)7-9(12)10(8)11(2,3)4/h8-10H,6-7H2,1-5H3/t8-,9+,10?,12+/m1/s1. The zero-order valence-electron chi connectivity index (χ0n) is 9.15. The van der Waals surface area contributed by atoms with E-state index >= 15 is 0 Å². The first-order chi connectivity index (χ1) is 5.34. The molecule has 12 heavy (non-hydrogen) atoms. The maximum atomic E-state index is 2.49. The van der Waals surface area contributed by atoms with E-state index in [1.165, 1.54) is 12.8 Å². The van der Waals surface area contributed by atoms with Gasteiger partial charge in [0.25, 0.3) is 0 Å². The lowest BCUT2D eigenvalue weighted by atomic mass is 9.73. The van der Waals surface area contributed by atoms with E-state index in [1.54, 1.807) is 0 Å². The molecule has 0 aliphatic heterocycles. The van der Waals surface area contributed by atoms with Crippen LogP contribution in [0.1, 0.15) is 47.5 Å². The Hall–Kier alpha value is 0. The van der Waals surface area contributed by atoms with Crippen LogP contribution in [0, 0.1) is 28.6 Å². The van der Waals surface area contributed by atoms with Crippen molar-refractivity contribution in [1.82, 2.24) is 0 Å². The fourth-order valence-corrected chi connectivity index (χ4v) is 3.95. The predicted molar refractivity (Wildman–Crippen MR) is 52.9 cm³/mol. The van der Waals surface area contributed by atoms with Gasteiger partial charge in [-0.1, -0.05) is 34.6 Å². The molecule has 2 rings (SSSR count). The summed E-state index contributed by atoms with van der Waals surface area (Å²) in [6.07, 6.45) is 3.00. The molecule has 0 aromatic heterocycles. The summed E-state index contributed by atoms with van der Waals surface area (Å²) in [6.45, 7) is 12.2. The van der Waals surface area contributed by atoms with Crippen molar-refractivity contribution in [2.75, 3.05) is 0 Å². The molecule has 0 heteroatoms. The zero-order valence-corrected chi connectivity index (χ0v) is 9.15. The molecule has 4 atom stereocenters. The number of hydrogen-bond acceptors (Lipinski definition) is 0. The molecule has 0 nitrogen and oxygen atoms in total. The molecule has 1 unspecified atom stereocenters. The Morgan fingerprint density at radius 1 is 1.17 bits per heavy atom. The van der Waals surface area contributed by atoms with Crippen LogP contribution in [0.3, 0.4) is 0 Å². The van der Waals surface area contributed by atoms with Crippen molar-refractivity contribution < 1.29 is 0 Å². The van der Waals surface area contributed by atoms with Gasteiger partial charge in [0.05, 0.1) is 0 Å². The third kappa shape index (κ3) is 1.03. The van der Waals surface area contributed by atoms with Gasteiger partial charge < -0.3 is 0 Å². The van der Waals surface area contributed by atoms with Gasteiger partial charge in [-0.2, -0.15) is 0 Å². The second kappa shape index (κ2) is 2.08. The highest BCUT2D eigenvalue weighted by molar-refractivity contribution is 5.11. The van der Waals surface area contributed by atoms with Gasteiger partial charge in [-0.3, -0.25) is 0 Å². The average molecular weight is 166 g/mol. The normalized spacial score (nSPS) is 52.2. The van der Waals surface area contributed by atoms with Crippen molar-refractivity contribution in [2.24, 2.45) is 28.6 Å². The topological polar surface area (TPSA) is 0 Å². The third-order valence-corrected chi connectivity index (χ3v) is 4.26.